The number of nitrogen functional groups attached to an aromatic ring is 1. The minimum Gasteiger partial charge on any atom is -0.444 e. The van der Waals surface area contributed by atoms with Crippen molar-refractivity contribution in [2.75, 3.05) is 18.8 Å². The number of nitrogens with zero attached hydrogens (tertiary/aromatic N) is 3. The van der Waals surface area contributed by atoms with E-state index < -0.39 is 11.4 Å². The predicted octanol–water partition coefficient (Wildman–Crippen LogP) is 5.14. The van der Waals surface area contributed by atoms with Gasteiger partial charge in [0.15, 0.2) is 0 Å². The summed E-state index contributed by atoms with van der Waals surface area (Å²) in [5.41, 5.74) is 17.3. The van der Waals surface area contributed by atoms with E-state index in [1.54, 1.807) is 21.7 Å². The lowest BCUT2D eigenvalue weighted by Crippen LogP contribution is -2.39. The van der Waals surface area contributed by atoms with Gasteiger partial charge < -0.3 is 21.1 Å². The smallest absolute Gasteiger partial charge is 0.410 e. The minimum atomic E-state index is -0.552. The molecule has 0 atom stereocenters. The van der Waals surface area contributed by atoms with Crippen molar-refractivity contribution in [1.29, 1.82) is 0 Å². The average Bonchev–Trinajstić information content (AvgIpc) is 3.15. The van der Waals surface area contributed by atoms with Gasteiger partial charge in [-0.2, -0.15) is 5.10 Å². The van der Waals surface area contributed by atoms with Crippen LogP contribution in [0.1, 0.15) is 38.3 Å². The lowest BCUT2D eigenvalue weighted by molar-refractivity contribution is 0.0266. The number of aromatic nitrogens is 2. The summed E-state index contributed by atoms with van der Waals surface area (Å²) >= 11 is 0. The van der Waals surface area contributed by atoms with Crippen LogP contribution in [0.2, 0.25) is 0 Å². The molecule has 7 nitrogen and oxygen atoms in total. The van der Waals surface area contributed by atoms with Gasteiger partial charge in [0.25, 0.3) is 0 Å². The third-order valence-corrected chi connectivity index (χ3v) is 5.94. The van der Waals surface area contributed by atoms with Crippen molar-refractivity contribution >= 4 is 28.8 Å². The maximum atomic E-state index is 15.2. The van der Waals surface area contributed by atoms with Gasteiger partial charge in [-0.3, -0.25) is 4.68 Å². The Morgan fingerprint density at radius 1 is 1.20 bits per heavy atom. The summed E-state index contributed by atoms with van der Waals surface area (Å²) in [6, 6.07) is 7.21. The zero-order valence-corrected chi connectivity index (χ0v) is 20.9. The predicted molar refractivity (Wildman–Crippen MR) is 138 cm³/mol. The highest BCUT2D eigenvalue weighted by atomic mass is 19.1. The first-order chi connectivity index (χ1) is 16.4. The second-order valence-corrected chi connectivity index (χ2v) is 10.0. The number of nitrogens with two attached hydrogens (primary N) is 2. The summed E-state index contributed by atoms with van der Waals surface area (Å²) in [4.78, 5) is 13.9. The van der Waals surface area contributed by atoms with Gasteiger partial charge in [-0.1, -0.05) is 6.08 Å². The molecule has 0 saturated heterocycles. The van der Waals surface area contributed by atoms with E-state index in [0.29, 0.717) is 36.5 Å². The Balaban J connectivity index is 1.56. The number of carbonyl (C=O) groups is 1. The Labute approximate surface area is 204 Å². The van der Waals surface area contributed by atoms with Crippen LogP contribution in [0.5, 0.6) is 0 Å². The van der Waals surface area contributed by atoms with Crippen LogP contribution in [0.3, 0.4) is 0 Å². The number of hydrogen-bond donors (Lipinski definition) is 2. The van der Waals surface area contributed by atoms with Gasteiger partial charge in [0.1, 0.15) is 11.4 Å². The van der Waals surface area contributed by atoms with E-state index in [-0.39, 0.29) is 11.7 Å². The number of ether oxygens (including phenoxy) is 1. The van der Waals surface area contributed by atoms with Crippen molar-refractivity contribution in [3.8, 4) is 11.1 Å². The van der Waals surface area contributed by atoms with E-state index in [4.69, 9.17) is 16.2 Å². The number of carbonyl (C=O) groups excluding carboxylic acids is 1. The molecule has 3 aromatic rings. The fourth-order valence-electron chi connectivity index (χ4n) is 4.23. The standard InChI is InChI=1S/C27H32FN5O2/c1-16-10-18(11-20-15-32(5)31-25(16)20)19-12-22(28)21(24(30)13-19)14-23(29)17-6-8-33(9-7-17)26(34)35-27(2,3)4/h6,10-15H,7-9,29-30H2,1-5H3/b23-14-. The van der Waals surface area contributed by atoms with Crippen LogP contribution in [0.4, 0.5) is 14.9 Å². The molecule has 0 spiro atoms. The van der Waals surface area contributed by atoms with Crippen LogP contribution in [0.15, 0.2) is 47.8 Å². The number of benzene rings is 2. The van der Waals surface area contributed by atoms with Crippen LogP contribution in [-0.4, -0.2) is 39.5 Å². The van der Waals surface area contributed by atoms with Crippen LogP contribution in [-0.2, 0) is 11.8 Å². The van der Waals surface area contributed by atoms with Crippen LogP contribution < -0.4 is 11.5 Å². The zero-order valence-electron chi connectivity index (χ0n) is 20.9. The Hall–Kier alpha value is -3.81. The van der Waals surface area contributed by atoms with E-state index in [1.165, 1.54) is 6.07 Å². The van der Waals surface area contributed by atoms with Gasteiger partial charge in [-0.25, -0.2) is 9.18 Å². The monoisotopic (exact) mass is 477 g/mol. The second kappa shape index (κ2) is 9.09. The van der Waals surface area contributed by atoms with Gasteiger partial charge in [0, 0.05) is 48.7 Å². The Kier molecular flexibility index (Phi) is 6.32. The molecule has 2 heterocycles. The molecule has 1 amide bonds. The lowest BCUT2D eigenvalue weighted by atomic mass is 9.97. The summed E-state index contributed by atoms with van der Waals surface area (Å²) in [5.74, 6) is -0.446. The molecule has 35 heavy (non-hydrogen) atoms. The molecule has 1 aliphatic rings. The molecule has 4 N–H and O–H groups in total. The molecular weight excluding hydrogens is 445 g/mol. The van der Waals surface area contributed by atoms with Gasteiger partial charge in [-0.15, -0.1) is 0 Å². The lowest BCUT2D eigenvalue weighted by Gasteiger charge is -2.29. The van der Waals surface area contributed by atoms with Crippen molar-refractivity contribution in [2.45, 2.75) is 39.7 Å². The van der Waals surface area contributed by atoms with E-state index >= 15 is 4.39 Å². The molecule has 0 aliphatic carbocycles. The highest BCUT2D eigenvalue weighted by Crippen LogP contribution is 2.32. The molecule has 8 heteroatoms. The minimum absolute atomic E-state index is 0.251. The van der Waals surface area contributed by atoms with Gasteiger partial charge >= 0.3 is 6.09 Å². The molecule has 1 aliphatic heterocycles. The highest BCUT2D eigenvalue weighted by molar-refractivity contribution is 5.88. The average molecular weight is 478 g/mol. The molecule has 0 unspecified atom stereocenters. The number of allylic oxidation sites excluding steroid dienone is 1. The fourth-order valence-corrected chi connectivity index (χ4v) is 4.23. The van der Waals surface area contributed by atoms with Crippen molar-refractivity contribution in [3.63, 3.8) is 0 Å². The van der Waals surface area contributed by atoms with Crippen LogP contribution in [0, 0.1) is 12.7 Å². The van der Waals surface area contributed by atoms with E-state index in [0.717, 1.165) is 27.6 Å². The van der Waals surface area contributed by atoms with Gasteiger partial charge in [0.2, 0.25) is 0 Å². The van der Waals surface area contributed by atoms with Gasteiger partial charge in [0.05, 0.1) is 5.52 Å². The van der Waals surface area contributed by atoms with E-state index in [9.17, 15) is 4.79 Å². The first kappa shape index (κ1) is 24.3. The summed E-state index contributed by atoms with van der Waals surface area (Å²) in [7, 11) is 1.87. The number of amides is 1. The first-order valence-electron chi connectivity index (χ1n) is 11.6. The SMILES string of the molecule is Cc1cc(-c2cc(N)c(/C=C(\N)C3=CCN(C(=O)OC(C)(C)C)CC3)c(F)c2)cc2cn(C)nc12. The first-order valence-corrected chi connectivity index (χ1v) is 11.6. The Bertz CT molecular complexity index is 1340. The number of anilines is 1. The molecule has 4 rings (SSSR count). The Morgan fingerprint density at radius 3 is 2.54 bits per heavy atom. The maximum absolute atomic E-state index is 15.2. The topological polar surface area (TPSA) is 99.4 Å². The van der Waals surface area contributed by atoms with Crippen molar-refractivity contribution in [2.24, 2.45) is 12.8 Å². The molecular formula is C27H32FN5O2. The summed E-state index contributed by atoms with van der Waals surface area (Å²) in [6.07, 6.45) is 5.56. The summed E-state index contributed by atoms with van der Waals surface area (Å²) in [6.45, 7) is 8.34. The fraction of sp³-hybridized carbons (Fsp3) is 0.333. The largest absolute Gasteiger partial charge is 0.444 e. The van der Waals surface area contributed by atoms with E-state index in [1.807, 2.05) is 59.1 Å². The van der Waals surface area contributed by atoms with Crippen molar-refractivity contribution < 1.29 is 13.9 Å². The number of rotatable bonds is 3. The van der Waals surface area contributed by atoms with E-state index in [2.05, 4.69) is 5.10 Å². The van der Waals surface area contributed by atoms with Crippen LogP contribution in [0.25, 0.3) is 28.1 Å². The number of fused-ring (bicyclic) bond motifs is 1. The quantitative estimate of drug-likeness (QED) is 0.509. The molecule has 0 bridgehead atoms. The zero-order chi connectivity index (χ0) is 25.5. The third kappa shape index (κ3) is 5.31. The highest BCUT2D eigenvalue weighted by Gasteiger charge is 2.24. The molecule has 0 fully saturated rings. The summed E-state index contributed by atoms with van der Waals surface area (Å²) < 4.78 is 22.4. The Morgan fingerprint density at radius 2 is 1.91 bits per heavy atom. The number of aryl methyl sites for hydroxylation is 2. The number of hydrogen-bond acceptors (Lipinski definition) is 5. The second-order valence-electron chi connectivity index (χ2n) is 10.0. The normalized spacial score (nSPS) is 14.9. The van der Waals surface area contributed by atoms with Gasteiger partial charge in [-0.05, 0) is 86.7 Å². The van der Waals surface area contributed by atoms with Crippen molar-refractivity contribution in [3.05, 3.63) is 64.8 Å². The van der Waals surface area contributed by atoms with Crippen LogP contribution >= 0.6 is 0 Å². The molecule has 0 saturated carbocycles. The van der Waals surface area contributed by atoms with Crippen molar-refractivity contribution in [1.82, 2.24) is 14.7 Å². The molecule has 0 radical (unpaired) electrons. The molecule has 184 valence electrons. The maximum Gasteiger partial charge on any atom is 0.410 e. The summed E-state index contributed by atoms with van der Waals surface area (Å²) in [5, 5.41) is 5.45. The molecule has 2 aromatic carbocycles. The number of halogens is 1. The third-order valence-electron chi connectivity index (χ3n) is 5.94. The molecule has 1 aromatic heterocycles.